The van der Waals surface area contributed by atoms with E-state index in [-0.39, 0.29) is 16.2 Å². The second kappa shape index (κ2) is 13.2. The molecule has 0 atom stereocenters. The molecule has 6 nitrogen and oxygen atoms in total. The van der Waals surface area contributed by atoms with Crippen molar-refractivity contribution in [1.82, 2.24) is 0 Å². The monoisotopic (exact) mass is 564 g/mol. The lowest BCUT2D eigenvalue weighted by atomic mass is 10.2. The normalized spacial score (nSPS) is 13.3. The van der Waals surface area contributed by atoms with Crippen molar-refractivity contribution in [3.05, 3.63) is 36.9 Å². The minimum atomic E-state index is -1.84. The van der Waals surface area contributed by atoms with Crippen LogP contribution in [0.1, 0.15) is 62.3 Å². The van der Waals surface area contributed by atoms with Crippen LogP contribution >= 0.6 is 0 Å². The van der Waals surface area contributed by atoms with Gasteiger partial charge in [-0.1, -0.05) is 47.6 Å². The molecule has 0 saturated heterocycles. The Bertz CT molecular complexity index is 863. The molecular formula is C30H56N2O4Si2. The average molecular weight is 565 g/mol. The Labute approximate surface area is 236 Å². The molecule has 1 aromatic carbocycles. The zero-order chi connectivity index (χ0) is 29.6. The number of carbonyl (C=O) groups excluding carboxylic acids is 1. The van der Waals surface area contributed by atoms with Gasteiger partial charge in [-0.05, 0) is 81.3 Å². The molecule has 0 aliphatic rings. The highest BCUT2D eigenvalue weighted by molar-refractivity contribution is 6.74. The number of carbonyl (C=O) groups is 1. The third-order valence-corrected chi connectivity index (χ3v) is 16.8. The molecule has 0 aliphatic heterocycles. The Morgan fingerprint density at radius 2 is 1.18 bits per heavy atom. The van der Waals surface area contributed by atoms with Crippen molar-refractivity contribution in [2.45, 2.75) is 104 Å². The standard InChI is InChI=1S/C30H56N2O4Si2/c1-15-20-32(27(33)36-28(2,3)4)26-18-16-25(17-19-26)31(21-23-34-37(11,12)29(5,6)7)22-24-35-38(13,14)30(8,9)10/h15-19H,1,20-24H2,2-14H3. The van der Waals surface area contributed by atoms with Crippen molar-refractivity contribution < 1.29 is 18.4 Å². The number of hydrogen-bond acceptors (Lipinski definition) is 5. The van der Waals surface area contributed by atoms with Gasteiger partial charge in [0.05, 0.1) is 13.2 Å². The predicted molar refractivity (Wildman–Crippen MR) is 169 cm³/mol. The van der Waals surface area contributed by atoms with Gasteiger partial charge in [0, 0.05) is 31.0 Å². The van der Waals surface area contributed by atoms with Crippen molar-refractivity contribution in [1.29, 1.82) is 0 Å². The van der Waals surface area contributed by atoms with Gasteiger partial charge in [0.25, 0.3) is 0 Å². The van der Waals surface area contributed by atoms with Gasteiger partial charge in [-0.2, -0.15) is 0 Å². The van der Waals surface area contributed by atoms with Crippen LogP contribution in [0.25, 0.3) is 0 Å². The molecule has 0 N–H and O–H groups in total. The van der Waals surface area contributed by atoms with Crippen molar-refractivity contribution in [3.8, 4) is 0 Å². The number of nitrogens with zero attached hydrogens (tertiary/aromatic N) is 2. The minimum absolute atomic E-state index is 0.168. The van der Waals surface area contributed by atoms with E-state index in [4.69, 9.17) is 13.6 Å². The van der Waals surface area contributed by atoms with Crippen molar-refractivity contribution >= 4 is 34.1 Å². The van der Waals surface area contributed by atoms with Crippen LogP contribution in [-0.2, 0) is 13.6 Å². The molecule has 8 heteroatoms. The molecule has 218 valence electrons. The Balaban J connectivity index is 3.12. The van der Waals surface area contributed by atoms with Gasteiger partial charge in [-0.25, -0.2) is 4.79 Å². The molecule has 0 fully saturated rings. The van der Waals surface area contributed by atoms with E-state index in [1.54, 1.807) is 11.0 Å². The first kappa shape index (κ1) is 34.4. The second-order valence-corrected chi connectivity index (χ2v) is 23.7. The zero-order valence-electron chi connectivity index (χ0n) is 26.7. The quantitative estimate of drug-likeness (QED) is 0.188. The summed E-state index contributed by atoms with van der Waals surface area (Å²) in [6.45, 7) is 35.4. The van der Waals surface area contributed by atoms with E-state index in [0.717, 1.165) is 24.5 Å². The Morgan fingerprint density at radius 1 is 0.789 bits per heavy atom. The number of benzene rings is 1. The molecule has 0 spiro atoms. The van der Waals surface area contributed by atoms with E-state index in [9.17, 15) is 4.79 Å². The molecule has 0 bridgehead atoms. The van der Waals surface area contributed by atoms with E-state index in [1.807, 2.05) is 32.9 Å². The van der Waals surface area contributed by atoms with Crippen LogP contribution < -0.4 is 9.80 Å². The number of hydrogen-bond donors (Lipinski definition) is 0. The highest BCUT2D eigenvalue weighted by atomic mass is 28.4. The van der Waals surface area contributed by atoms with Gasteiger partial charge < -0.3 is 18.5 Å². The van der Waals surface area contributed by atoms with Crippen LogP contribution in [0.15, 0.2) is 36.9 Å². The van der Waals surface area contributed by atoms with Crippen LogP contribution in [0.2, 0.25) is 36.3 Å². The van der Waals surface area contributed by atoms with Crippen LogP contribution in [-0.4, -0.2) is 61.2 Å². The van der Waals surface area contributed by atoms with Gasteiger partial charge in [0.2, 0.25) is 0 Å². The molecule has 38 heavy (non-hydrogen) atoms. The Hall–Kier alpha value is -1.62. The van der Waals surface area contributed by atoms with E-state index in [0.29, 0.717) is 19.8 Å². The Morgan fingerprint density at radius 3 is 1.53 bits per heavy atom. The summed E-state index contributed by atoms with van der Waals surface area (Å²) < 4.78 is 18.6. The summed E-state index contributed by atoms with van der Waals surface area (Å²) >= 11 is 0. The zero-order valence-corrected chi connectivity index (χ0v) is 28.7. The fourth-order valence-electron chi connectivity index (χ4n) is 3.20. The van der Waals surface area contributed by atoms with Crippen molar-refractivity contribution in [2.75, 3.05) is 42.6 Å². The number of amides is 1. The molecule has 0 heterocycles. The number of ether oxygens (including phenoxy) is 1. The summed E-state index contributed by atoms with van der Waals surface area (Å²) in [6, 6.07) is 8.07. The lowest BCUT2D eigenvalue weighted by Crippen LogP contribution is -2.44. The van der Waals surface area contributed by atoms with Crippen LogP contribution in [0.3, 0.4) is 0 Å². The highest BCUT2D eigenvalue weighted by Crippen LogP contribution is 2.37. The largest absolute Gasteiger partial charge is 0.443 e. The predicted octanol–water partition coefficient (Wildman–Crippen LogP) is 8.46. The third-order valence-electron chi connectivity index (χ3n) is 7.71. The van der Waals surface area contributed by atoms with E-state index in [2.05, 4.69) is 91.3 Å². The van der Waals surface area contributed by atoms with E-state index >= 15 is 0 Å². The summed E-state index contributed by atoms with van der Waals surface area (Å²) in [7, 11) is -3.69. The van der Waals surface area contributed by atoms with Crippen LogP contribution in [0, 0.1) is 0 Å². The van der Waals surface area contributed by atoms with Crippen LogP contribution in [0.4, 0.5) is 16.2 Å². The SMILES string of the molecule is C=CCN(C(=O)OC(C)(C)C)c1ccc(N(CCO[Si](C)(C)C(C)(C)C)CCO[Si](C)(C)C(C)(C)C)cc1. The van der Waals surface area contributed by atoms with Gasteiger partial charge in [-0.15, -0.1) is 6.58 Å². The summed E-state index contributed by atoms with van der Waals surface area (Å²) in [5, 5.41) is 0.336. The summed E-state index contributed by atoms with van der Waals surface area (Å²) in [5.74, 6) is 0. The molecule has 1 aromatic rings. The average Bonchev–Trinajstić information content (AvgIpc) is 2.73. The fourth-order valence-corrected chi connectivity index (χ4v) is 5.27. The van der Waals surface area contributed by atoms with Crippen LogP contribution in [0.5, 0.6) is 0 Å². The maximum absolute atomic E-state index is 12.8. The van der Waals surface area contributed by atoms with Gasteiger partial charge in [0.1, 0.15) is 5.60 Å². The van der Waals surface area contributed by atoms with Crippen molar-refractivity contribution in [2.24, 2.45) is 0 Å². The number of rotatable bonds is 12. The number of anilines is 2. The first-order valence-electron chi connectivity index (χ1n) is 13.9. The topological polar surface area (TPSA) is 51.2 Å². The van der Waals surface area contributed by atoms with Crippen molar-refractivity contribution in [3.63, 3.8) is 0 Å². The van der Waals surface area contributed by atoms with E-state index < -0.39 is 22.2 Å². The van der Waals surface area contributed by atoms with Gasteiger partial charge >= 0.3 is 6.09 Å². The lowest BCUT2D eigenvalue weighted by molar-refractivity contribution is 0.0584. The Kier molecular flexibility index (Phi) is 11.9. The maximum Gasteiger partial charge on any atom is 0.415 e. The second-order valence-electron chi connectivity index (χ2n) is 14.1. The first-order chi connectivity index (χ1) is 17.1. The highest BCUT2D eigenvalue weighted by Gasteiger charge is 2.38. The fraction of sp³-hybridized carbons (Fsp3) is 0.700. The minimum Gasteiger partial charge on any atom is -0.443 e. The van der Waals surface area contributed by atoms with Gasteiger partial charge in [0.15, 0.2) is 16.6 Å². The van der Waals surface area contributed by atoms with Gasteiger partial charge in [-0.3, -0.25) is 4.90 Å². The molecule has 0 aromatic heterocycles. The molecular weight excluding hydrogens is 509 g/mol. The molecule has 0 saturated carbocycles. The molecule has 1 amide bonds. The summed E-state index contributed by atoms with van der Waals surface area (Å²) in [4.78, 5) is 16.8. The summed E-state index contributed by atoms with van der Waals surface area (Å²) in [5.41, 5.74) is 1.29. The van der Waals surface area contributed by atoms with E-state index in [1.165, 1.54) is 0 Å². The third kappa shape index (κ3) is 10.5. The molecule has 1 rings (SSSR count). The smallest absolute Gasteiger partial charge is 0.415 e. The lowest BCUT2D eigenvalue weighted by Gasteiger charge is -2.38. The maximum atomic E-state index is 12.8. The molecule has 0 radical (unpaired) electrons. The molecule has 0 aliphatic carbocycles. The summed E-state index contributed by atoms with van der Waals surface area (Å²) in [6.07, 6.45) is 1.33. The first-order valence-corrected chi connectivity index (χ1v) is 19.7. The molecule has 0 unspecified atom stereocenters.